The lowest BCUT2D eigenvalue weighted by Gasteiger charge is -2.22. The van der Waals surface area contributed by atoms with Crippen LogP contribution in [0.5, 0.6) is 0 Å². The van der Waals surface area contributed by atoms with Crippen molar-refractivity contribution in [3.8, 4) is 0 Å². The zero-order chi connectivity index (χ0) is 16.8. The van der Waals surface area contributed by atoms with E-state index in [0.717, 1.165) is 6.54 Å². The van der Waals surface area contributed by atoms with Crippen molar-refractivity contribution in [3.63, 3.8) is 0 Å². The van der Waals surface area contributed by atoms with Crippen LogP contribution in [0.15, 0.2) is 53.3 Å². The van der Waals surface area contributed by atoms with E-state index in [-0.39, 0.29) is 17.4 Å². The highest BCUT2D eigenvalue weighted by Gasteiger charge is 2.16. The van der Waals surface area contributed by atoms with Gasteiger partial charge in [-0.1, -0.05) is 36.4 Å². The summed E-state index contributed by atoms with van der Waals surface area (Å²) in [5.41, 5.74) is 1.36. The van der Waals surface area contributed by atoms with Gasteiger partial charge in [-0.05, 0) is 25.7 Å². The summed E-state index contributed by atoms with van der Waals surface area (Å²) >= 11 is 0. The van der Waals surface area contributed by atoms with Crippen molar-refractivity contribution in [1.29, 1.82) is 0 Å². The van der Waals surface area contributed by atoms with Crippen LogP contribution in [-0.4, -0.2) is 42.6 Å². The van der Waals surface area contributed by atoms with E-state index in [0.29, 0.717) is 12.2 Å². The molecule has 0 fully saturated rings. The molecule has 0 radical (unpaired) electrons. The van der Waals surface area contributed by atoms with Crippen molar-refractivity contribution in [2.24, 2.45) is 7.05 Å². The second-order valence-electron chi connectivity index (χ2n) is 5.89. The molecular weight excluding hydrogens is 290 g/mol. The van der Waals surface area contributed by atoms with Crippen LogP contribution < -0.4 is 10.9 Å². The third kappa shape index (κ3) is 4.53. The van der Waals surface area contributed by atoms with Crippen LogP contribution in [0.25, 0.3) is 0 Å². The molecule has 1 atom stereocenters. The molecule has 1 amide bonds. The van der Waals surface area contributed by atoms with Crippen LogP contribution in [0.1, 0.15) is 22.0 Å². The molecule has 0 aliphatic carbocycles. The molecule has 1 aromatic heterocycles. The van der Waals surface area contributed by atoms with Crippen LogP contribution in [0.4, 0.5) is 0 Å². The number of nitrogens with one attached hydrogen (secondary N) is 1. The summed E-state index contributed by atoms with van der Waals surface area (Å²) in [6, 6.07) is 14.8. The van der Waals surface area contributed by atoms with Gasteiger partial charge in [0.1, 0.15) is 5.69 Å². The predicted molar refractivity (Wildman–Crippen MR) is 91.8 cm³/mol. The number of amides is 1. The van der Waals surface area contributed by atoms with Crippen molar-refractivity contribution < 1.29 is 4.79 Å². The Hall–Kier alpha value is -2.40. The fourth-order valence-corrected chi connectivity index (χ4v) is 2.55. The van der Waals surface area contributed by atoms with Gasteiger partial charge in [0.2, 0.25) is 0 Å². The van der Waals surface area contributed by atoms with Crippen molar-refractivity contribution in [1.82, 2.24) is 14.8 Å². The maximum Gasteiger partial charge on any atom is 0.268 e. The lowest BCUT2D eigenvalue weighted by Crippen LogP contribution is -2.35. The van der Waals surface area contributed by atoms with Crippen LogP contribution in [-0.2, 0) is 7.05 Å². The fourth-order valence-electron chi connectivity index (χ4n) is 2.55. The molecule has 5 nitrogen and oxygen atoms in total. The van der Waals surface area contributed by atoms with Gasteiger partial charge in [-0.25, -0.2) is 0 Å². The second-order valence-corrected chi connectivity index (χ2v) is 5.89. The number of carbonyl (C=O) groups excluding carboxylic acids is 1. The van der Waals surface area contributed by atoms with Crippen molar-refractivity contribution in [2.45, 2.75) is 5.92 Å². The van der Waals surface area contributed by atoms with E-state index in [9.17, 15) is 9.59 Å². The van der Waals surface area contributed by atoms with Crippen molar-refractivity contribution in [2.75, 3.05) is 27.2 Å². The van der Waals surface area contributed by atoms with Gasteiger partial charge in [-0.3, -0.25) is 9.59 Å². The Morgan fingerprint density at radius 3 is 2.48 bits per heavy atom. The summed E-state index contributed by atoms with van der Waals surface area (Å²) in [5, 5.41) is 2.95. The average Bonchev–Trinajstić information content (AvgIpc) is 2.54. The lowest BCUT2D eigenvalue weighted by molar-refractivity contribution is 0.0940. The van der Waals surface area contributed by atoms with Gasteiger partial charge < -0.3 is 14.8 Å². The van der Waals surface area contributed by atoms with Crippen molar-refractivity contribution in [3.05, 3.63) is 70.1 Å². The van der Waals surface area contributed by atoms with Crippen molar-refractivity contribution >= 4 is 5.91 Å². The molecule has 2 aromatic rings. The van der Waals surface area contributed by atoms with Crippen LogP contribution in [0.3, 0.4) is 0 Å². The topological polar surface area (TPSA) is 54.3 Å². The third-order valence-corrected chi connectivity index (χ3v) is 3.78. The van der Waals surface area contributed by atoms with Crippen LogP contribution in [0.2, 0.25) is 0 Å². The average molecular weight is 313 g/mol. The highest BCUT2D eigenvalue weighted by Crippen LogP contribution is 2.15. The van der Waals surface area contributed by atoms with Gasteiger partial charge in [-0.15, -0.1) is 0 Å². The molecule has 122 valence electrons. The number of likely N-dealkylation sites (N-methyl/N-ethyl adjacent to an activating group) is 1. The Kier molecular flexibility index (Phi) is 5.71. The molecule has 23 heavy (non-hydrogen) atoms. The standard InChI is InChI=1S/C18H23N3O2/c1-20(2)13-15(14-8-5-4-6-9-14)12-19-18(23)16-10-7-11-17(22)21(16)3/h4-11,15H,12-13H2,1-3H3,(H,19,23). The smallest absolute Gasteiger partial charge is 0.268 e. The molecule has 5 heteroatoms. The first-order valence-electron chi connectivity index (χ1n) is 7.63. The Labute approximate surface area is 136 Å². The van der Waals surface area contributed by atoms with Crippen LogP contribution in [0, 0.1) is 0 Å². The van der Waals surface area contributed by atoms with E-state index < -0.39 is 0 Å². The van der Waals surface area contributed by atoms with E-state index in [4.69, 9.17) is 0 Å². The first kappa shape index (κ1) is 17.0. The lowest BCUT2D eigenvalue weighted by atomic mass is 9.98. The number of aromatic nitrogens is 1. The van der Waals surface area contributed by atoms with Gasteiger partial charge in [0.25, 0.3) is 11.5 Å². The molecule has 0 saturated carbocycles. The molecule has 0 saturated heterocycles. The third-order valence-electron chi connectivity index (χ3n) is 3.78. The molecule has 1 N–H and O–H groups in total. The van der Waals surface area contributed by atoms with Gasteiger partial charge in [0.05, 0.1) is 0 Å². The maximum absolute atomic E-state index is 12.4. The Balaban J connectivity index is 2.10. The monoisotopic (exact) mass is 313 g/mol. The highest BCUT2D eigenvalue weighted by atomic mass is 16.2. The van der Waals surface area contributed by atoms with E-state index in [1.165, 1.54) is 16.2 Å². The molecule has 1 heterocycles. The Bertz CT molecular complexity index is 708. The zero-order valence-electron chi connectivity index (χ0n) is 13.8. The van der Waals surface area contributed by atoms with Crippen LogP contribution >= 0.6 is 0 Å². The minimum absolute atomic E-state index is 0.189. The number of hydrogen-bond acceptors (Lipinski definition) is 3. The molecule has 0 bridgehead atoms. The largest absolute Gasteiger partial charge is 0.350 e. The van der Waals surface area contributed by atoms with E-state index in [1.807, 2.05) is 32.3 Å². The number of pyridine rings is 1. The quantitative estimate of drug-likeness (QED) is 0.878. The fraction of sp³-hybridized carbons (Fsp3) is 0.333. The normalized spacial score (nSPS) is 12.2. The summed E-state index contributed by atoms with van der Waals surface area (Å²) in [6.07, 6.45) is 0. The number of carbonyl (C=O) groups is 1. The summed E-state index contributed by atoms with van der Waals surface area (Å²) in [5.74, 6) is -0.0409. The van der Waals surface area contributed by atoms with E-state index in [1.54, 1.807) is 19.2 Å². The molecule has 2 rings (SSSR count). The zero-order valence-corrected chi connectivity index (χ0v) is 13.8. The van der Waals surface area contributed by atoms with Gasteiger partial charge in [-0.2, -0.15) is 0 Å². The summed E-state index contributed by atoms with van der Waals surface area (Å²) in [7, 11) is 5.63. The molecular formula is C18H23N3O2. The van der Waals surface area contributed by atoms with E-state index in [2.05, 4.69) is 22.3 Å². The molecule has 0 aliphatic rings. The number of nitrogens with zero attached hydrogens (tertiary/aromatic N) is 2. The molecule has 1 unspecified atom stereocenters. The van der Waals surface area contributed by atoms with E-state index >= 15 is 0 Å². The van der Waals surface area contributed by atoms with Gasteiger partial charge in [0.15, 0.2) is 0 Å². The molecule has 0 spiro atoms. The first-order valence-corrected chi connectivity index (χ1v) is 7.63. The number of benzene rings is 1. The first-order chi connectivity index (χ1) is 11.0. The number of rotatable bonds is 6. The number of hydrogen-bond donors (Lipinski definition) is 1. The Morgan fingerprint density at radius 1 is 1.13 bits per heavy atom. The summed E-state index contributed by atoms with van der Waals surface area (Å²) in [4.78, 5) is 26.1. The highest BCUT2D eigenvalue weighted by molar-refractivity contribution is 5.92. The molecule has 0 aliphatic heterocycles. The summed E-state index contributed by atoms with van der Waals surface area (Å²) < 4.78 is 1.36. The van der Waals surface area contributed by atoms with Gasteiger partial charge in [0, 0.05) is 32.1 Å². The van der Waals surface area contributed by atoms with Gasteiger partial charge >= 0.3 is 0 Å². The predicted octanol–water partition coefficient (Wildman–Crippen LogP) is 1.46. The SMILES string of the molecule is CN(C)CC(CNC(=O)c1cccc(=O)n1C)c1ccccc1. The summed E-state index contributed by atoms with van der Waals surface area (Å²) in [6.45, 7) is 1.35. The maximum atomic E-state index is 12.4. The minimum atomic E-state index is -0.232. The Morgan fingerprint density at radius 2 is 1.83 bits per heavy atom. The minimum Gasteiger partial charge on any atom is -0.350 e. The second kappa shape index (κ2) is 7.74. The molecule has 1 aromatic carbocycles.